The van der Waals surface area contributed by atoms with Crippen molar-refractivity contribution in [2.24, 2.45) is 0 Å². The number of hydrogen-bond donors (Lipinski definition) is 2. The predicted octanol–water partition coefficient (Wildman–Crippen LogP) is 2.94. The van der Waals surface area contributed by atoms with E-state index in [2.05, 4.69) is 12.6 Å². The molecule has 2 aromatic rings. The van der Waals surface area contributed by atoms with Gasteiger partial charge in [-0.3, -0.25) is 4.79 Å². The standard InChI is InChI=1S/C13H12O2S/c14-13(15)12(8-16)11-7-3-5-9-4-1-2-6-10(9)11/h1-7,12,16H,8H2,(H,14,15)/t12-/m0/s1. The molecule has 3 heteroatoms. The highest BCUT2D eigenvalue weighted by Gasteiger charge is 2.19. The van der Waals surface area contributed by atoms with E-state index in [0.717, 1.165) is 16.3 Å². The Bertz CT molecular complexity index is 517. The van der Waals surface area contributed by atoms with E-state index >= 15 is 0 Å². The maximum Gasteiger partial charge on any atom is 0.311 e. The van der Waals surface area contributed by atoms with Crippen molar-refractivity contribution in [3.8, 4) is 0 Å². The summed E-state index contributed by atoms with van der Waals surface area (Å²) in [6.45, 7) is 0. The number of carboxylic acid groups (broad SMARTS) is 1. The summed E-state index contributed by atoms with van der Waals surface area (Å²) >= 11 is 4.11. The van der Waals surface area contributed by atoms with Gasteiger partial charge in [0.25, 0.3) is 0 Å². The van der Waals surface area contributed by atoms with Gasteiger partial charge in [-0.1, -0.05) is 42.5 Å². The maximum atomic E-state index is 11.1. The molecule has 1 N–H and O–H groups in total. The quantitative estimate of drug-likeness (QED) is 0.798. The zero-order valence-corrected chi connectivity index (χ0v) is 9.52. The molecule has 0 saturated heterocycles. The Morgan fingerprint density at radius 3 is 2.56 bits per heavy atom. The number of carbonyl (C=O) groups is 1. The molecule has 2 nitrogen and oxygen atoms in total. The van der Waals surface area contributed by atoms with Crippen molar-refractivity contribution < 1.29 is 9.90 Å². The fraction of sp³-hybridized carbons (Fsp3) is 0.154. The fourth-order valence-corrected chi connectivity index (χ4v) is 2.22. The summed E-state index contributed by atoms with van der Waals surface area (Å²) in [5, 5.41) is 11.2. The van der Waals surface area contributed by atoms with E-state index in [0.29, 0.717) is 5.75 Å². The monoisotopic (exact) mass is 232 g/mol. The lowest BCUT2D eigenvalue weighted by atomic mass is 9.95. The van der Waals surface area contributed by atoms with E-state index in [-0.39, 0.29) is 0 Å². The van der Waals surface area contributed by atoms with Crippen molar-refractivity contribution >= 4 is 29.4 Å². The van der Waals surface area contributed by atoms with E-state index in [1.807, 2.05) is 42.5 Å². The minimum atomic E-state index is -0.827. The van der Waals surface area contributed by atoms with Crippen LogP contribution in [-0.2, 0) is 4.79 Å². The lowest BCUT2D eigenvalue weighted by molar-refractivity contribution is -0.138. The highest BCUT2D eigenvalue weighted by molar-refractivity contribution is 7.80. The van der Waals surface area contributed by atoms with Crippen LogP contribution in [0, 0.1) is 0 Å². The maximum absolute atomic E-state index is 11.1. The second-order valence-electron chi connectivity index (χ2n) is 3.64. The van der Waals surface area contributed by atoms with Crippen LogP contribution in [0.3, 0.4) is 0 Å². The van der Waals surface area contributed by atoms with Crippen molar-refractivity contribution in [1.29, 1.82) is 0 Å². The summed E-state index contributed by atoms with van der Waals surface area (Å²) in [4.78, 5) is 11.1. The molecule has 0 aliphatic heterocycles. The first-order valence-electron chi connectivity index (χ1n) is 5.05. The van der Waals surface area contributed by atoms with Gasteiger partial charge in [-0.2, -0.15) is 12.6 Å². The SMILES string of the molecule is O=C(O)[C@@H](CS)c1cccc2ccccc12. The van der Waals surface area contributed by atoms with Crippen LogP contribution in [0.25, 0.3) is 10.8 Å². The second kappa shape index (κ2) is 4.58. The Hall–Kier alpha value is -1.48. The lowest BCUT2D eigenvalue weighted by Gasteiger charge is -2.12. The first-order valence-corrected chi connectivity index (χ1v) is 5.68. The third kappa shape index (κ3) is 1.91. The van der Waals surface area contributed by atoms with E-state index in [1.54, 1.807) is 0 Å². The molecule has 2 rings (SSSR count). The summed E-state index contributed by atoms with van der Waals surface area (Å²) in [6.07, 6.45) is 0. The lowest BCUT2D eigenvalue weighted by Crippen LogP contribution is -2.13. The Morgan fingerprint density at radius 2 is 1.88 bits per heavy atom. The molecule has 0 aliphatic carbocycles. The van der Waals surface area contributed by atoms with Gasteiger partial charge >= 0.3 is 5.97 Å². The van der Waals surface area contributed by atoms with Gasteiger partial charge in [0, 0.05) is 5.75 Å². The van der Waals surface area contributed by atoms with E-state index < -0.39 is 11.9 Å². The zero-order valence-electron chi connectivity index (χ0n) is 8.63. The highest BCUT2D eigenvalue weighted by atomic mass is 32.1. The molecule has 0 spiro atoms. The number of carboxylic acids is 1. The number of fused-ring (bicyclic) bond motifs is 1. The van der Waals surface area contributed by atoms with Crippen molar-refractivity contribution in [3.63, 3.8) is 0 Å². The van der Waals surface area contributed by atoms with Crippen LogP contribution in [0.2, 0.25) is 0 Å². The van der Waals surface area contributed by atoms with Gasteiger partial charge in [-0.15, -0.1) is 0 Å². The van der Waals surface area contributed by atoms with Gasteiger partial charge in [0.1, 0.15) is 0 Å². The molecule has 0 bridgehead atoms. The Kier molecular flexibility index (Phi) is 3.15. The van der Waals surface area contributed by atoms with Gasteiger partial charge in [0.15, 0.2) is 0 Å². The molecule has 0 saturated carbocycles. The number of thiol groups is 1. The van der Waals surface area contributed by atoms with Gasteiger partial charge in [-0.05, 0) is 16.3 Å². The van der Waals surface area contributed by atoms with Crippen molar-refractivity contribution in [3.05, 3.63) is 48.0 Å². The van der Waals surface area contributed by atoms with Gasteiger partial charge in [0.2, 0.25) is 0 Å². The normalized spacial score (nSPS) is 12.6. The van der Waals surface area contributed by atoms with Crippen molar-refractivity contribution in [2.75, 3.05) is 5.75 Å². The van der Waals surface area contributed by atoms with Crippen LogP contribution >= 0.6 is 12.6 Å². The van der Waals surface area contributed by atoms with Crippen LogP contribution in [0.1, 0.15) is 11.5 Å². The van der Waals surface area contributed by atoms with Crippen LogP contribution < -0.4 is 0 Å². The van der Waals surface area contributed by atoms with Crippen molar-refractivity contribution in [1.82, 2.24) is 0 Å². The van der Waals surface area contributed by atoms with Crippen LogP contribution in [0.5, 0.6) is 0 Å². The Balaban J connectivity index is 2.63. The molecule has 0 amide bonds. The summed E-state index contributed by atoms with van der Waals surface area (Å²) in [5.41, 5.74) is 0.834. The zero-order chi connectivity index (χ0) is 11.5. The molecular weight excluding hydrogens is 220 g/mol. The number of aliphatic carboxylic acids is 1. The molecule has 0 aromatic heterocycles. The van der Waals surface area contributed by atoms with Gasteiger partial charge < -0.3 is 5.11 Å². The van der Waals surface area contributed by atoms with Crippen LogP contribution in [-0.4, -0.2) is 16.8 Å². The minimum Gasteiger partial charge on any atom is -0.481 e. The molecule has 0 fully saturated rings. The van der Waals surface area contributed by atoms with Gasteiger partial charge in [0.05, 0.1) is 5.92 Å². The summed E-state index contributed by atoms with van der Waals surface area (Å²) in [7, 11) is 0. The second-order valence-corrected chi connectivity index (χ2v) is 4.01. The molecule has 1 atom stereocenters. The number of benzene rings is 2. The highest BCUT2D eigenvalue weighted by Crippen LogP contribution is 2.26. The summed E-state index contributed by atoms with van der Waals surface area (Å²) < 4.78 is 0. The topological polar surface area (TPSA) is 37.3 Å². The average Bonchev–Trinajstić information content (AvgIpc) is 2.30. The fourth-order valence-electron chi connectivity index (χ4n) is 1.86. The molecule has 2 aromatic carbocycles. The molecule has 0 unspecified atom stereocenters. The molecule has 0 radical (unpaired) electrons. The summed E-state index contributed by atoms with van der Waals surface area (Å²) in [6, 6.07) is 13.5. The molecule has 0 heterocycles. The third-order valence-electron chi connectivity index (χ3n) is 2.68. The molecule has 82 valence electrons. The Morgan fingerprint density at radius 1 is 1.19 bits per heavy atom. The number of rotatable bonds is 3. The largest absolute Gasteiger partial charge is 0.481 e. The number of hydrogen-bond acceptors (Lipinski definition) is 2. The molecular formula is C13H12O2S. The van der Waals surface area contributed by atoms with Crippen LogP contribution in [0.15, 0.2) is 42.5 Å². The van der Waals surface area contributed by atoms with E-state index in [1.165, 1.54) is 0 Å². The minimum absolute atomic E-state index is 0.309. The van der Waals surface area contributed by atoms with Gasteiger partial charge in [-0.25, -0.2) is 0 Å². The van der Waals surface area contributed by atoms with Crippen molar-refractivity contribution in [2.45, 2.75) is 5.92 Å². The summed E-state index contributed by atoms with van der Waals surface area (Å²) in [5.74, 6) is -1.07. The molecule has 0 aliphatic rings. The first-order chi connectivity index (χ1) is 7.74. The first kappa shape index (κ1) is 11.0. The van der Waals surface area contributed by atoms with E-state index in [9.17, 15) is 4.79 Å². The average molecular weight is 232 g/mol. The van der Waals surface area contributed by atoms with E-state index in [4.69, 9.17) is 5.11 Å². The predicted molar refractivity (Wildman–Crippen MR) is 68.2 cm³/mol. The Labute approximate surface area is 99.3 Å². The molecule has 16 heavy (non-hydrogen) atoms. The van der Waals surface area contributed by atoms with Crippen LogP contribution in [0.4, 0.5) is 0 Å². The smallest absolute Gasteiger partial charge is 0.311 e. The third-order valence-corrected chi connectivity index (χ3v) is 3.04.